The smallest absolute Gasteiger partial charge is 0.428 e. The molecule has 4 nitrogen and oxygen atoms in total. The fraction of sp³-hybridized carbons (Fsp3) is 0.105. The largest absolute Gasteiger partial charge is 0.533 e. The quantitative estimate of drug-likeness (QED) is 0.761. The Balaban J connectivity index is 1.42. The monoisotopic (exact) mass is 337 g/mol. The maximum absolute atomic E-state index is 12.0. The minimum atomic E-state index is -0.708. The van der Waals surface area contributed by atoms with Gasteiger partial charge >= 0.3 is 6.16 Å². The topological polar surface area (TPSA) is 38.8 Å². The van der Waals surface area contributed by atoms with Gasteiger partial charge in [-0.25, -0.2) is 4.79 Å². The van der Waals surface area contributed by atoms with Crippen LogP contribution in [0.4, 0.5) is 4.79 Å². The van der Waals surface area contributed by atoms with E-state index in [1.807, 2.05) is 47.9 Å². The lowest BCUT2D eigenvalue weighted by Gasteiger charge is -2.30. The van der Waals surface area contributed by atoms with Gasteiger partial charge in [-0.2, -0.15) is 5.06 Å². The predicted octanol–water partition coefficient (Wildman–Crippen LogP) is 4.46. The van der Waals surface area contributed by atoms with Crippen LogP contribution < -0.4 is 0 Å². The Bertz CT molecular complexity index is 805. The minimum Gasteiger partial charge on any atom is -0.428 e. The van der Waals surface area contributed by atoms with E-state index < -0.39 is 6.16 Å². The summed E-state index contributed by atoms with van der Waals surface area (Å²) in [5, 5.41) is 3.59. The molecule has 3 aliphatic rings. The average Bonchev–Trinajstić information content (AvgIpc) is 3.04. The summed E-state index contributed by atoms with van der Waals surface area (Å²) in [6.07, 6.45) is 11.2. The Labute approximate surface area is 144 Å². The van der Waals surface area contributed by atoms with Crippen molar-refractivity contribution in [3.05, 3.63) is 93.9 Å². The Hall–Kier alpha value is -2.66. The highest BCUT2D eigenvalue weighted by molar-refractivity contribution is 8.06. The van der Waals surface area contributed by atoms with Gasteiger partial charge in [-0.3, -0.25) is 0 Å². The zero-order chi connectivity index (χ0) is 16.4. The first-order valence-corrected chi connectivity index (χ1v) is 8.50. The molecule has 0 radical (unpaired) electrons. The molecule has 0 N–H and O–H groups in total. The molecule has 0 spiro atoms. The molecule has 4 rings (SSSR count). The Morgan fingerprint density at radius 2 is 2.04 bits per heavy atom. The summed E-state index contributed by atoms with van der Waals surface area (Å²) < 4.78 is 5.20. The highest BCUT2D eigenvalue weighted by Crippen LogP contribution is 2.41. The Morgan fingerprint density at radius 3 is 2.92 bits per heavy atom. The third-order valence-corrected chi connectivity index (χ3v) is 4.84. The molecule has 1 aromatic rings. The van der Waals surface area contributed by atoms with Gasteiger partial charge in [0.1, 0.15) is 12.6 Å². The number of carbonyl (C=O) groups excluding carboxylic acids is 1. The van der Waals surface area contributed by atoms with Gasteiger partial charge in [0.2, 0.25) is 0 Å². The molecule has 2 aliphatic heterocycles. The molecule has 1 unspecified atom stereocenters. The van der Waals surface area contributed by atoms with Crippen molar-refractivity contribution in [1.82, 2.24) is 5.06 Å². The molecular formula is C19H15NO3S. The highest BCUT2D eigenvalue weighted by Gasteiger charge is 2.34. The van der Waals surface area contributed by atoms with Crippen molar-refractivity contribution in [3.8, 4) is 0 Å². The molecule has 0 amide bonds. The lowest BCUT2D eigenvalue weighted by Crippen LogP contribution is -2.34. The van der Waals surface area contributed by atoms with E-state index in [0.29, 0.717) is 0 Å². The van der Waals surface area contributed by atoms with Crippen LogP contribution in [0.3, 0.4) is 0 Å². The second-order valence-electron chi connectivity index (χ2n) is 5.46. The molecule has 0 bridgehead atoms. The van der Waals surface area contributed by atoms with Crippen LogP contribution in [-0.2, 0) is 16.2 Å². The van der Waals surface area contributed by atoms with E-state index in [1.54, 1.807) is 23.0 Å². The SMILES string of the molecule is O=C(OCc1ccccc1)ON1C=CC2=CC=C3SC=CC=C3C21. The van der Waals surface area contributed by atoms with Crippen molar-refractivity contribution < 1.29 is 14.4 Å². The van der Waals surface area contributed by atoms with E-state index >= 15 is 0 Å². The van der Waals surface area contributed by atoms with E-state index in [-0.39, 0.29) is 12.6 Å². The number of nitrogens with zero attached hydrogens (tertiary/aromatic N) is 1. The van der Waals surface area contributed by atoms with Crippen molar-refractivity contribution in [2.24, 2.45) is 0 Å². The minimum absolute atomic E-state index is 0.105. The molecular weight excluding hydrogens is 322 g/mol. The van der Waals surface area contributed by atoms with Crippen LogP contribution in [0.25, 0.3) is 0 Å². The number of hydrogen-bond donors (Lipinski definition) is 0. The van der Waals surface area contributed by atoms with E-state index in [1.165, 1.54) is 4.91 Å². The second-order valence-corrected chi connectivity index (χ2v) is 6.41. The zero-order valence-corrected chi connectivity index (χ0v) is 13.6. The van der Waals surface area contributed by atoms with Crippen molar-refractivity contribution in [1.29, 1.82) is 0 Å². The molecule has 1 aliphatic carbocycles. The number of allylic oxidation sites excluding steroid dienone is 4. The molecule has 24 heavy (non-hydrogen) atoms. The first-order chi connectivity index (χ1) is 11.8. The van der Waals surface area contributed by atoms with Gasteiger partial charge in [0.15, 0.2) is 0 Å². The van der Waals surface area contributed by atoms with Crippen LogP contribution in [0.15, 0.2) is 88.4 Å². The summed E-state index contributed by atoms with van der Waals surface area (Å²) >= 11 is 1.67. The third-order valence-electron chi connectivity index (χ3n) is 3.92. The number of fused-ring (bicyclic) bond motifs is 3. The fourth-order valence-corrected chi connectivity index (χ4v) is 3.56. The van der Waals surface area contributed by atoms with Crippen molar-refractivity contribution in [2.75, 3.05) is 0 Å². The summed E-state index contributed by atoms with van der Waals surface area (Å²) in [6, 6.07) is 9.42. The lowest BCUT2D eigenvalue weighted by atomic mass is 9.95. The van der Waals surface area contributed by atoms with Crippen molar-refractivity contribution >= 4 is 17.9 Å². The summed E-state index contributed by atoms with van der Waals surface area (Å²) in [5.41, 5.74) is 3.14. The Morgan fingerprint density at radius 1 is 1.17 bits per heavy atom. The molecule has 0 saturated heterocycles. The standard InChI is InChI=1S/C19H15NO3S/c21-19(22-13-14-5-2-1-3-6-14)23-20-11-10-15-8-9-17-16(18(15)20)7-4-12-24-17/h1-12,18H,13H2. The molecule has 120 valence electrons. The van der Waals surface area contributed by atoms with E-state index in [9.17, 15) is 4.79 Å². The Kier molecular flexibility index (Phi) is 4.01. The van der Waals surface area contributed by atoms with E-state index in [2.05, 4.69) is 18.2 Å². The fourth-order valence-electron chi connectivity index (χ4n) is 2.80. The van der Waals surface area contributed by atoms with Gasteiger partial charge in [-0.15, -0.1) is 0 Å². The normalized spacial score (nSPS) is 20.6. The lowest BCUT2D eigenvalue weighted by molar-refractivity contribution is -0.101. The van der Waals surface area contributed by atoms with Gasteiger partial charge in [0.25, 0.3) is 0 Å². The van der Waals surface area contributed by atoms with Crippen LogP contribution in [-0.4, -0.2) is 17.3 Å². The number of rotatable bonds is 3. The highest BCUT2D eigenvalue weighted by atomic mass is 32.2. The average molecular weight is 337 g/mol. The van der Waals surface area contributed by atoms with Crippen LogP contribution in [0.1, 0.15) is 5.56 Å². The first kappa shape index (κ1) is 14.9. The maximum Gasteiger partial charge on any atom is 0.533 e. The number of hydroxylamine groups is 2. The second kappa shape index (κ2) is 6.45. The molecule has 2 heterocycles. The van der Waals surface area contributed by atoms with Crippen molar-refractivity contribution in [2.45, 2.75) is 12.6 Å². The molecule has 5 heteroatoms. The number of carbonyl (C=O) groups is 1. The van der Waals surface area contributed by atoms with Gasteiger partial charge in [-0.1, -0.05) is 60.3 Å². The third kappa shape index (κ3) is 2.90. The maximum atomic E-state index is 12.0. The molecule has 1 atom stereocenters. The number of ether oxygens (including phenoxy) is 1. The van der Waals surface area contributed by atoms with E-state index in [0.717, 1.165) is 16.7 Å². The number of hydrogen-bond acceptors (Lipinski definition) is 5. The van der Waals surface area contributed by atoms with Crippen molar-refractivity contribution in [3.63, 3.8) is 0 Å². The molecule has 0 fully saturated rings. The molecule has 0 saturated carbocycles. The van der Waals surface area contributed by atoms with Gasteiger partial charge in [-0.05, 0) is 34.3 Å². The molecule has 0 aromatic heterocycles. The van der Waals surface area contributed by atoms with Crippen LogP contribution in [0.5, 0.6) is 0 Å². The summed E-state index contributed by atoms with van der Waals surface area (Å²) in [6.45, 7) is 0.191. The molecule has 1 aromatic carbocycles. The predicted molar refractivity (Wildman–Crippen MR) is 93.5 cm³/mol. The van der Waals surface area contributed by atoms with Crippen LogP contribution >= 0.6 is 11.8 Å². The number of thioether (sulfide) groups is 1. The van der Waals surface area contributed by atoms with Gasteiger partial charge in [0.05, 0.1) is 0 Å². The summed E-state index contributed by atoms with van der Waals surface area (Å²) in [5.74, 6) is 0. The summed E-state index contributed by atoms with van der Waals surface area (Å²) in [4.78, 5) is 18.6. The summed E-state index contributed by atoms with van der Waals surface area (Å²) in [7, 11) is 0. The van der Waals surface area contributed by atoms with Crippen LogP contribution in [0.2, 0.25) is 0 Å². The van der Waals surface area contributed by atoms with Crippen LogP contribution in [0, 0.1) is 0 Å². The zero-order valence-electron chi connectivity index (χ0n) is 12.8. The first-order valence-electron chi connectivity index (χ1n) is 7.62. The van der Waals surface area contributed by atoms with Gasteiger partial charge in [0, 0.05) is 11.1 Å². The van der Waals surface area contributed by atoms with Gasteiger partial charge < -0.3 is 9.57 Å². The van der Waals surface area contributed by atoms with E-state index in [4.69, 9.17) is 9.57 Å². The number of benzene rings is 1.